The third-order valence-electron chi connectivity index (χ3n) is 8.36. The van der Waals surface area contributed by atoms with E-state index in [-0.39, 0.29) is 5.04 Å². The van der Waals surface area contributed by atoms with E-state index in [0.29, 0.717) is 25.0 Å². The van der Waals surface area contributed by atoms with Crippen LogP contribution in [0.5, 0.6) is 0 Å². The molecule has 222 valence electrons. The zero-order chi connectivity index (χ0) is 29.1. The molecule has 0 heterocycles. The lowest BCUT2D eigenvalue weighted by atomic mass is 9.99. The predicted octanol–water partition coefficient (Wildman–Crippen LogP) is 10.1. The molecular weight excluding hydrogens is 508 g/mol. The van der Waals surface area contributed by atoms with Gasteiger partial charge in [-0.3, -0.25) is 0 Å². The maximum atomic E-state index is 6.76. The molecule has 0 aliphatic heterocycles. The van der Waals surface area contributed by atoms with Gasteiger partial charge in [-0.2, -0.15) is 0 Å². The number of rotatable bonds is 22. The van der Waals surface area contributed by atoms with Crippen molar-refractivity contribution in [3.8, 4) is 0 Å². The van der Waals surface area contributed by atoms with Gasteiger partial charge in [0.05, 0.1) is 13.2 Å². The molecule has 4 heteroatoms. The summed E-state index contributed by atoms with van der Waals surface area (Å²) < 4.78 is 18.6. The first-order chi connectivity index (χ1) is 19.3. The maximum Gasteiger partial charge on any atom is 0.195 e. The summed E-state index contributed by atoms with van der Waals surface area (Å²) in [4.78, 5) is 0. The largest absolute Gasteiger partial charge is 0.417 e. The van der Waals surface area contributed by atoms with E-state index in [1.807, 2.05) is 12.1 Å². The average Bonchev–Trinajstić information content (AvgIpc) is 2.96. The average molecular weight is 565 g/mol. The molecule has 2 rings (SSSR count). The van der Waals surface area contributed by atoms with Crippen LogP contribution in [-0.4, -0.2) is 28.1 Å². The number of unbranched alkanes of at least 4 members (excludes halogenated alkanes) is 1. The molecule has 0 aliphatic rings. The molecule has 2 aromatic rings. The quantitative estimate of drug-likeness (QED) is 0.0809. The van der Waals surface area contributed by atoms with Crippen molar-refractivity contribution < 1.29 is 13.9 Å². The van der Waals surface area contributed by atoms with Gasteiger partial charge in [0.1, 0.15) is 0 Å². The number of ether oxygens (including phenoxy) is 2. The molecule has 0 bridgehead atoms. The van der Waals surface area contributed by atoms with Crippen molar-refractivity contribution in [1.29, 1.82) is 0 Å². The third kappa shape index (κ3) is 13.6. The van der Waals surface area contributed by atoms with Crippen molar-refractivity contribution >= 4 is 8.32 Å². The van der Waals surface area contributed by atoms with Gasteiger partial charge in [-0.05, 0) is 72.7 Å². The predicted molar refractivity (Wildman–Crippen MR) is 174 cm³/mol. The van der Waals surface area contributed by atoms with Gasteiger partial charge in [0.25, 0.3) is 0 Å². The van der Waals surface area contributed by atoms with Gasteiger partial charge in [0.2, 0.25) is 0 Å². The molecule has 0 saturated heterocycles. The van der Waals surface area contributed by atoms with Crippen LogP contribution >= 0.6 is 0 Å². The Hall–Kier alpha value is -1.98. The van der Waals surface area contributed by atoms with Gasteiger partial charge in [0, 0.05) is 19.8 Å². The zero-order valence-electron chi connectivity index (χ0n) is 25.9. The van der Waals surface area contributed by atoms with Crippen LogP contribution in [0, 0.1) is 11.8 Å². The molecule has 0 spiro atoms. The summed E-state index contributed by atoms with van der Waals surface area (Å²) in [6.07, 6.45) is 12.1. The summed E-state index contributed by atoms with van der Waals surface area (Å²) >= 11 is 0. The molecule has 0 radical (unpaired) electrons. The molecule has 40 heavy (non-hydrogen) atoms. The standard InChI is InChI=1S/C36H56O3Si/c1-7-32(24-27-37-30-34-19-11-9-12-20-34)18-15-16-29-40(6,36(3,4)5)39-26-17-23-33(8-2)25-28-38-31-35-21-13-10-14-22-35/h7-14,19-22,32-33H,1-2,15-18,23-31H2,3-6H3. The third-order valence-corrected chi connectivity index (χ3v) is 13.7. The lowest BCUT2D eigenvalue weighted by Gasteiger charge is -2.40. The second-order valence-corrected chi connectivity index (χ2v) is 17.1. The first-order valence-electron chi connectivity index (χ1n) is 15.4. The number of benzene rings is 2. The van der Waals surface area contributed by atoms with Crippen LogP contribution in [-0.2, 0) is 27.1 Å². The highest BCUT2D eigenvalue weighted by Crippen LogP contribution is 2.41. The van der Waals surface area contributed by atoms with Crippen molar-refractivity contribution in [2.45, 2.75) is 96.6 Å². The van der Waals surface area contributed by atoms with Gasteiger partial charge >= 0.3 is 0 Å². The van der Waals surface area contributed by atoms with E-state index in [1.54, 1.807) is 0 Å². The molecule has 0 N–H and O–H groups in total. The fourth-order valence-electron chi connectivity index (χ4n) is 4.93. The molecule has 0 saturated carbocycles. The monoisotopic (exact) mass is 564 g/mol. The van der Waals surface area contributed by atoms with Crippen molar-refractivity contribution in [2.75, 3.05) is 19.8 Å². The summed E-state index contributed by atoms with van der Waals surface area (Å²) in [6.45, 7) is 21.5. The van der Waals surface area contributed by atoms with E-state index in [2.05, 4.69) is 101 Å². The maximum absolute atomic E-state index is 6.76. The second kappa shape index (κ2) is 19.2. The van der Waals surface area contributed by atoms with E-state index in [0.717, 1.165) is 45.5 Å². The summed E-state index contributed by atoms with van der Waals surface area (Å²) in [5, 5.41) is 0.221. The minimum atomic E-state index is -1.85. The Morgan fingerprint density at radius 2 is 1.15 bits per heavy atom. The lowest BCUT2D eigenvalue weighted by molar-refractivity contribution is 0.110. The van der Waals surface area contributed by atoms with Crippen LogP contribution in [0.1, 0.15) is 76.8 Å². The van der Waals surface area contributed by atoms with Crippen LogP contribution in [0.2, 0.25) is 17.6 Å². The van der Waals surface area contributed by atoms with Crippen molar-refractivity contribution in [3.05, 3.63) is 97.1 Å². The number of hydrogen-bond donors (Lipinski definition) is 0. The van der Waals surface area contributed by atoms with Gasteiger partial charge in [-0.1, -0.05) is 106 Å². The lowest BCUT2D eigenvalue weighted by Crippen LogP contribution is -2.44. The SMILES string of the molecule is C=CC(CCCC[Si](C)(OCCCC(C=C)CCOCc1ccccc1)C(C)(C)C)CCOCc1ccccc1. The van der Waals surface area contributed by atoms with Crippen molar-refractivity contribution in [1.82, 2.24) is 0 Å². The highest BCUT2D eigenvalue weighted by atomic mass is 28.4. The molecule has 2 aromatic carbocycles. The Balaban J connectivity index is 1.63. The Labute approximate surface area is 247 Å². The topological polar surface area (TPSA) is 27.7 Å². The molecule has 0 amide bonds. The molecule has 3 nitrogen and oxygen atoms in total. The van der Waals surface area contributed by atoms with Gasteiger partial charge in [0.15, 0.2) is 8.32 Å². The zero-order valence-corrected chi connectivity index (χ0v) is 26.9. The number of allylic oxidation sites excluding steroid dienone is 2. The Morgan fingerprint density at radius 1 is 0.675 bits per heavy atom. The summed E-state index contributed by atoms with van der Waals surface area (Å²) in [7, 11) is -1.85. The van der Waals surface area contributed by atoms with Gasteiger partial charge in [-0.15, -0.1) is 13.2 Å². The van der Waals surface area contributed by atoms with E-state index in [4.69, 9.17) is 13.9 Å². The van der Waals surface area contributed by atoms with Crippen LogP contribution in [0.15, 0.2) is 86.0 Å². The minimum Gasteiger partial charge on any atom is -0.417 e. The molecular formula is C36H56O3Si. The van der Waals surface area contributed by atoms with Gasteiger partial charge in [-0.25, -0.2) is 0 Å². The summed E-state index contributed by atoms with van der Waals surface area (Å²) in [5.74, 6) is 1.00. The van der Waals surface area contributed by atoms with E-state index < -0.39 is 8.32 Å². The molecule has 3 atom stereocenters. The Kier molecular flexibility index (Phi) is 16.4. The van der Waals surface area contributed by atoms with Crippen LogP contribution < -0.4 is 0 Å². The molecule has 3 unspecified atom stereocenters. The number of hydrogen-bond acceptors (Lipinski definition) is 3. The summed E-state index contributed by atoms with van der Waals surface area (Å²) in [5.41, 5.74) is 2.46. The van der Waals surface area contributed by atoms with E-state index >= 15 is 0 Å². The van der Waals surface area contributed by atoms with E-state index in [1.165, 1.54) is 36.4 Å². The minimum absolute atomic E-state index is 0.221. The highest BCUT2D eigenvalue weighted by Gasteiger charge is 2.41. The Morgan fingerprint density at radius 3 is 1.60 bits per heavy atom. The van der Waals surface area contributed by atoms with Crippen LogP contribution in [0.3, 0.4) is 0 Å². The molecule has 0 fully saturated rings. The van der Waals surface area contributed by atoms with Crippen LogP contribution in [0.4, 0.5) is 0 Å². The van der Waals surface area contributed by atoms with Gasteiger partial charge < -0.3 is 13.9 Å². The van der Waals surface area contributed by atoms with Crippen molar-refractivity contribution in [2.24, 2.45) is 11.8 Å². The van der Waals surface area contributed by atoms with E-state index in [9.17, 15) is 0 Å². The first kappa shape index (κ1) is 34.2. The molecule has 0 aliphatic carbocycles. The fraction of sp³-hybridized carbons (Fsp3) is 0.556. The normalized spacial score (nSPS) is 14.8. The smallest absolute Gasteiger partial charge is 0.195 e. The summed E-state index contributed by atoms with van der Waals surface area (Å²) in [6, 6.07) is 22.0. The molecule has 0 aromatic heterocycles. The second-order valence-electron chi connectivity index (χ2n) is 12.4. The first-order valence-corrected chi connectivity index (χ1v) is 18.0. The highest BCUT2D eigenvalue weighted by molar-refractivity contribution is 6.75. The Bertz CT molecular complexity index is 855. The van der Waals surface area contributed by atoms with Crippen molar-refractivity contribution in [3.63, 3.8) is 0 Å². The van der Waals surface area contributed by atoms with Crippen LogP contribution in [0.25, 0.3) is 0 Å². The fourth-order valence-corrected chi connectivity index (χ4v) is 7.78.